The number of hydrogen-bond acceptors (Lipinski definition) is 1. The number of halogens is 2. The third kappa shape index (κ3) is 3.74. The van der Waals surface area contributed by atoms with Gasteiger partial charge >= 0.3 is 0 Å². The second-order valence-electron chi connectivity index (χ2n) is 4.55. The summed E-state index contributed by atoms with van der Waals surface area (Å²) in [7, 11) is 1.67. The second kappa shape index (κ2) is 6.44. The van der Waals surface area contributed by atoms with Gasteiger partial charge in [-0.15, -0.1) is 11.6 Å². The van der Waals surface area contributed by atoms with E-state index in [1.54, 1.807) is 7.11 Å². The van der Waals surface area contributed by atoms with Gasteiger partial charge in [0.05, 0.1) is 12.5 Å². The van der Waals surface area contributed by atoms with E-state index < -0.39 is 0 Å². The van der Waals surface area contributed by atoms with Crippen molar-refractivity contribution in [3.05, 3.63) is 63.6 Å². The highest BCUT2D eigenvalue weighted by molar-refractivity contribution is 9.10. The van der Waals surface area contributed by atoms with Gasteiger partial charge in [0.2, 0.25) is 0 Å². The van der Waals surface area contributed by atoms with E-state index in [-0.39, 0.29) is 5.38 Å². The van der Waals surface area contributed by atoms with Crippen LogP contribution >= 0.6 is 27.5 Å². The maximum absolute atomic E-state index is 6.55. The molecule has 1 atom stereocenters. The summed E-state index contributed by atoms with van der Waals surface area (Å²) < 4.78 is 6.39. The lowest BCUT2D eigenvalue weighted by Gasteiger charge is -2.15. The maximum Gasteiger partial charge on any atom is 0.123 e. The van der Waals surface area contributed by atoms with Crippen LogP contribution in [-0.2, 0) is 6.42 Å². The van der Waals surface area contributed by atoms with E-state index in [1.807, 2.05) is 18.2 Å². The Morgan fingerprint density at radius 2 is 2.00 bits per heavy atom. The van der Waals surface area contributed by atoms with Crippen molar-refractivity contribution in [2.45, 2.75) is 18.7 Å². The zero-order chi connectivity index (χ0) is 13.8. The minimum absolute atomic E-state index is 0.103. The molecule has 0 N–H and O–H groups in total. The van der Waals surface area contributed by atoms with Gasteiger partial charge in [0.1, 0.15) is 5.75 Å². The molecule has 0 saturated heterocycles. The molecule has 0 aliphatic carbocycles. The molecule has 0 aromatic heterocycles. The first-order valence-electron chi connectivity index (χ1n) is 6.13. The highest BCUT2D eigenvalue weighted by Crippen LogP contribution is 2.34. The summed E-state index contributed by atoms with van der Waals surface area (Å²) in [5.41, 5.74) is 3.50. The van der Waals surface area contributed by atoms with Crippen molar-refractivity contribution in [1.29, 1.82) is 0 Å². The molecule has 0 fully saturated rings. The fourth-order valence-electron chi connectivity index (χ4n) is 2.11. The summed E-state index contributed by atoms with van der Waals surface area (Å²) >= 11 is 10.0. The molecule has 0 spiro atoms. The van der Waals surface area contributed by atoms with Crippen molar-refractivity contribution in [3.63, 3.8) is 0 Å². The van der Waals surface area contributed by atoms with Crippen molar-refractivity contribution in [2.24, 2.45) is 0 Å². The third-order valence-electron chi connectivity index (χ3n) is 3.03. The van der Waals surface area contributed by atoms with Crippen LogP contribution in [-0.4, -0.2) is 7.11 Å². The first-order valence-corrected chi connectivity index (χ1v) is 7.36. The van der Waals surface area contributed by atoms with E-state index in [4.69, 9.17) is 16.3 Å². The summed E-state index contributed by atoms with van der Waals surface area (Å²) in [5.74, 6) is 0.829. The molecule has 0 bridgehead atoms. The van der Waals surface area contributed by atoms with E-state index in [0.29, 0.717) is 0 Å². The molecule has 19 heavy (non-hydrogen) atoms. The molecule has 1 unspecified atom stereocenters. The van der Waals surface area contributed by atoms with Crippen molar-refractivity contribution < 1.29 is 4.74 Å². The number of ether oxygens (including phenoxy) is 1. The van der Waals surface area contributed by atoms with Gasteiger partial charge in [-0.3, -0.25) is 0 Å². The van der Waals surface area contributed by atoms with Gasteiger partial charge in [0.15, 0.2) is 0 Å². The van der Waals surface area contributed by atoms with Gasteiger partial charge in [-0.2, -0.15) is 0 Å². The fourth-order valence-corrected chi connectivity index (χ4v) is 2.83. The average Bonchev–Trinajstić information content (AvgIpc) is 2.38. The summed E-state index contributed by atoms with van der Waals surface area (Å²) in [5, 5.41) is -0.103. The molecule has 2 aromatic rings. The van der Waals surface area contributed by atoms with Gasteiger partial charge in [-0.1, -0.05) is 45.8 Å². The molecule has 3 heteroatoms. The molecule has 0 heterocycles. The van der Waals surface area contributed by atoms with Crippen LogP contribution in [0.15, 0.2) is 46.9 Å². The first-order chi connectivity index (χ1) is 9.10. The minimum atomic E-state index is -0.103. The van der Waals surface area contributed by atoms with Crippen molar-refractivity contribution in [2.75, 3.05) is 7.11 Å². The van der Waals surface area contributed by atoms with Crippen LogP contribution in [0.2, 0.25) is 0 Å². The van der Waals surface area contributed by atoms with E-state index >= 15 is 0 Å². The number of alkyl halides is 1. The minimum Gasteiger partial charge on any atom is -0.496 e. The predicted octanol–water partition coefficient (Wildman–Crippen LogP) is 5.29. The highest BCUT2D eigenvalue weighted by atomic mass is 79.9. The van der Waals surface area contributed by atoms with Crippen LogP contribution in [0, 0.1) is 6.92 Å². The number of methoxy groups -OCH3 is 1. The summed E-state index contributed by atoms with van der Waals surface area (Å²) in [4.78, 5) is 0. The molecule has 0 aliphatic rings. The Labute approximate surface area is 127 Å². The summed E-state index contributed by atoms with van der Waals surface area (Å²) in [6.07, 6.45) is 0.788. The van der Waals surface area contributed by atoms with Gasteiger partial charge < -0.3 is 4.74 Å². The summed E-state index contributed by atoms with van der Waals surface area (Å²) in [6, 6.07) is 14.3. The Kier molecular flexibility index (Phi) is 4.89. The summed E-state index contributed by atoms with van der Waals surface area (Å²) in [6.45, 7) is 2.09. The Balaban J connectivity index is 2.24. The van der Waals surface area contributed by atoms with Crippen molar-refractivity contribution in [3.8, 4) is 5.75 Å². The lowest BCUT2D eigenvalue weighted by atomic mass is 10.0. The molecule has 0 radical (unpaired) electrons. The Morgan fingerprint density at radius 1 is 1.21 bits per heavy atom. The quantitative estimate of drug-likeness (QED) is 0.688. The maximum atomic E-state index is 6.55. The van der Waals surface area contributed by atoms with Crippen molar-refractivity contribution in [1.82, 2.24) is 0 Å². The standard InChI is InChI=1S/C16H16BrClO/c1-11-4-3-5-12(8-11)9-15(18)14-10-13(17)6-7-16(14)19-2/h3-8,10,15H,9H2,1-2H3. The third-order valence-corrected chi connectivity index (χ3v) is 3.91. The Hall–Kier alpha value is -0.990. The molecule has 1 nitrogen and oxygen atoms in total. The SMILES string of the molecule is COc1ccc(Br)cc1C(Cl)Cc1cccc(C)c1. The Morgan fingerprint density at radius 3 is 2.68 bits per heavy atom. The smallest absolute Gasteiger partial charge is 0.123 e. The number of hydrogen-bond donors (Lipinski definition) is 0. The second-order valence-corrected chi connectivity index (χ2v) is 5.99. The molecule has 0 aliphatic heterocycles. The van der Waals surface area contributed by atoms with Crippen LogP contribution in [0.1, 0.15) is 22.1 Å². The van der Waals surface area contributed by atoms with Gasteiger partial charge in [0, 0.05) is 10.0 Å². The van der Waals surface area contributed by atoms with E-state index in [0.717, 1.165) is 22.2 Å². The Bertz CT molecular complexity index is 568. The normalized spacial score (nSPS) is 12.2. The molecule has 100 valence electrons. The number of benzene rings is 2. The van der Waals surface area contributed by atoms with Gasteiger partial charge in [-0.05, 0) is 37.1 Å². The number of rotatable bonds is 4. The van der Waals surface area contributed by atoms with Crippen LogP contribution in [0.4, 0.5) is 0 Å². The lowest BCUT2D eigenvalue weighted by molar-refractivity contribution is 0.409. The highest BCUT2D eigenvalue weighted by Gasteiger charge is 2.14. The zero-order valence-corrected chi connectivity index (χ0v) is 13.3. The van der Waals surface area contributed by atoms with E-state index in [1.165, 1.54) is 11.1 Å². The molecule has 2 aromatic carbocycles. The average molecular weight is 340 g/mol. The largest absolute Gasteiger partial charge is 0.496 e. The van der Waals surface area contributed by atoms with Crippen molar-refractivity contribution >= 4 is 27.5 Å². The first kappa shape index (κ1) is 14.4. The van der Waals surface area contributed by atoms with Crippen LogP contribution in [0.3, 0.4) is 0 Å². The van der Waals surface area contributed by atoms with Crippen LogP contribution in [0.5, 0.6) is 5.75 Å². The van der Waals surface area contributed by atoms with Crippen LogP contribution in [0.25, 0.3) is 0 Å². The number of aryl methyl sites for hydroxylation is 1. The van der Waals surface area contributed by atoms with Gasteiger partial charge in [0.25, 0.3) is 0 Å². The van der Waals surface area contributed by atoms with Crippen LogP contribution < -0.4 is 4.74 Å². The molecule has 2 rings (SSSR count). The lowest BCUT2D eigenvalue weighted by Crippen LogP contribution is -1.99. The van der Waals surface area contributed by atoms with Gasteiger partial charge in [-0.25, -0.2) is 0 Å². The monoisotopic (exact) mass is 338 g/mol. The van der Waals surface area contributed by atoms with E-state index in [9.17, 15) is 0 Å². The molecular weight excluding hydrogens is 324 g/mol. The molecule has 0 saturated carbocycles. The molecular formula is C16H16BrClO. The topological polar surface area (TPSA) is 9.23 Å². The fraction of sp³-hybridized carbons (Fsp3) is 0.250. The predicted molar refractivity (Wildman–Crippen MR) is 84.2 cm³/mol. The van der Waals surface area contributed by atoms with E-state index in [2.05, 4.69) is 47.1 Å². The zero-order valence-electron chi connectivity index (χ0n) is 11.0. The molecule has 0 amide bonds.